The van der Waals surface area contributed by atoms with Crippen LogP contribution in [0.5, 0.6) is 0 Å². The van der Waals surface area contributed by atoms with Crippen LogP contribution in [0.2, 0.25) is 0 Å². The Labute approximate surface area is 131 Å². The number of amides is 1. The number of fused-ring (bicyclic) bond motifs is 4. The van der Waals surface area contributed by atoms with Gasteiger partial charge in [-0.3, -0.25) is 9.69 Å². The molecular weight excluding hydrogens is 276 g/mol. The molecule has 5 aliphatic rings. The van der Waals surface area contributed by atoms with Crippen LogP contribution in [0.4, 0.5) is 0 Å². The molecule has 3 saturated heterocycles. The number of nitrogens with zero attached hydrogens (tertiary/aromatic N) is 2. The highest BCUT2D eigenvalue weighted by molar-refractivity contribution is 5.92. The Kier molecular flexibility index (Phi) is 2.92. The minimum absolute atomic E-state index is 0.0509. The average Bonchev–Trinajstić information content (AvgIpc) is 2.93. The molecule has 22 heavy (non-hydrogen) atoms. The van der Waals surface area contributed by atoms with Gasteiger partial charge < -0.3 is 16.0 Å². The lowest BCUT2D eigenvalue weighted by molar-refractivity contribution is -0.118. The summed E-state index contributed by atoms with van der Waals surface area (Å²) in [5, 5.41) is 3.25. The fourth-order valence-electron chi connectivity index (χ4n) is 4.75. The molecule has 3 N–H and O–H groups in total. The fourth-order valence-corrected chi connectivity index (χ4v) is 4.75. The molecule has 0 aromatic carbocycles. The van der Waals surface area contributed by atoms with Gasteiger partial charge in [0.05, 0.1) is 12.1 Å². The van der Waals surface area contributed by atoms with Crippen molar-refractivity contribution in [2.24, 2.45) is 11.7 Å². The van der Waals surface area contributed by atoms with E-state index in [1.165, 1.54) is 18.4 Å². The van der Waals surface area contributed by atoms with Crippen molar-refractivity contribution >= 4 is 5.91 Å². The largest absolute Gasteiger partial charge is 0.380 e. The van der Waals surface area contributed by atoms with Gasteiger partial charge >= 0.3 is 0 Å². The number of primary amides is 1. The Morgan fingerprint density at radius 1 is 1.36 bits per heavy atom. The molecule has 118 valence electrons. The van der Waals surface area contributed by atoms with Crippen molar-refractivity contribution in [1.82, 2.24) is 15.1 Å². The predicted octanol–water partition coefficient (Wildman–Crippen LogP) is 0.913. The van der Waals surface area contributed by atoms with Gasteiger partial charge in [-0.2, -0.15) is 0 Å². The summed E-state index contributed by atoms with van der Waals surface area (Å²) in [6.45, 7) is 6.93. The van der Waals surface area contributed by atoms with Crippen LogP contribution < -0.4 is 11.1 Å². The van der Waals surface area contributed by atoms with E-state index in [9.17, 15) is 4.79 Å². The third kappa shape index (κ3) is 1.85. The van der Waals surface area contributed by atoms with Crippen molar-refractivity contribution in [3.05, 3.63) is 35.8 Å². The quantitative estimate of drug-likeness (QED) is 0.796. The lowest BCUT2D eigenvalue weighted by Crippen LogP contribution is -2.68. The van der Waals surface area contributed by atoms with E-state index in [4.69, 9.17) is 5.73 Å². The first kappa shape index (κ1) is 13.9. The van der Waals surface area contributed by atoms with Crippen LogP contribution in [0, 0.1) is 5.92 Å². The van der Waals surface area contributed by atoms with Gasteiger partial charge in [0.2, 0.25) is 0 Å². The number of nitrogens with two attached hydrogens (primary N) is 1. The number of rotatable bonds is 2. The van der Waals surface area contributed by atoms with Crippen LogP contribution in [-0.4, -0.2) is 46.4 Å². The zero-order valence-electron chi connectivity index (χ0n) is 13.2. The highest BCUT2D eigenvalue weighted by atomic mass is 16.1. The van der Waals surface area contributed by atoms with Crippen LogP contribution >= 0.6 is 0 Å². The molecule has 2 unspecified atom stereocenters. The van der Waals surface area contributed by atoms with E-state index in [2.05, 4.69) is 41.2 Å². The molecule has 0 aromatic heterocycles. The van der Waals surface area contributed by atoms with Gasteiger partial charge in [-0.15, -0.1) is 0 Å². The maximum Gasteiger partial charge on any atom is 0.265 e. The molecule has 1 amide bonds. The minimum Gasteiger partial charge on any atom is -0.380 e. The predicted molar refractivity (Wildman–Crippen MR) is 85.4 cm³/mol. The number of carbonyl (C=O) groups is 1. The van der Waals surface area contributed by atoms with E-state index >= 15 is 0 Å². The second-order valence-corrected chi connectivity index (χ2v) is 7.35. The summed E-state index contributed by atoms with van der Waals surface area (Å²) in [4.78, 5) is 16.8. The Balaban J connectivity index is 1.76. The average molecular weight is 300 g/mol. The molecule has 0 aliphatic carbocycles. The van der Waals surface area contributed by atoms with Crippen LogP contribution in [-0.2, 0) is 4.79 Å². The highest BCUT2D eigenvalue weighted by Gasteiger charge is 2.51. The van der Waals surface area contributed by atoms with Crippen LogP contribution in [0.1, 0.15) is 26.7 Å². The summed E-state index contributed by atoms with van der Waals surface area (Å²) in [7, 11) is 0. The first-order valence-corrected chi connectivity index (χ1v) is 8.18. The van der Waals surface area contributed by atoms with Crippen molar-refractivity contribution in [1.29, 1.82) is 0 Å². The summed E-state index contributed by atoms with van der Waals surface area (Å²) in [6, 6.07) is 0.388. The number of carbonyl (C=O) groups excluding carboxylic acids is 1. The summed E-state index contributed by atoms with van der Waals surface area (Å²) < 4.78 is 0. The lowest BCUT2D eigenvalue weighted by Gasteiger charge is -2.59. The molecule has 0 aromatic rings. The van der Waals surface area contributed by atoms with Gasteiger partial charge in [0.15, 0.2) is 0 Å². The maximum absolute atomic E-state index is 12.0. The first-order valence-electron chi connectivity index (χ1n) is 8.18. The summed E-state index contributed by atoms with van der Waals surface area (Å²) >= 11 is 0. The van der Waals surface area contributed by atoms with Gasteiger partial charge in [-0.1, -0.05) is 0 Å². The Hall–Kier alpha value is -1.75. The van der Waals surface area contributed by atoms with Crippen molar-refractivity contribution in [2.45, 2.75) is 44.3 Å². The molecule has 0 spiro atoms. The van der Waals surface area contributed by atoms with Crippen molar-refractivity contribution in [3.63, 3.8) is 0 Å². The Morgan fingerprint density at radius 3 is 2.73 bits per heavy atom. The molecule has 2 bridgehead atoms. The summed E-state index contributed by atoms with van der Waals surface area (Å²) in [6.07, 6.45) is 10.5. The third-order valence-corrected chi connectivity index (χ3v) is 5.88. The summed E-state index contributed by atoms with van der Waals surface area (Å²) in [5.74, 6) is 0.283. The monoisotopic (exact) mass is 300 g/mol. The molecule has 0 radical (unpaired) electrons. The van der Waals surface area contributed by atoms with E-state index in [0.717, 1.165) is 13.1 Å². The van der Waals surface area contributed by atoms with Crippen LogP contribution in [0.15, 0.2) is 35.8 Å². The molecule has 0 saturated carbocycles. The molecule has 5 aliphatic heterocycles. The highest BCUT2D eigenvalue weighted by Crippen LogP contribution is 2.44. The van der Waals surface area contributed by atoms with Gasteiger partial charge in [0, 0.05) is 11.7 Å². The first-order chi connectivity index (χ1) is 10.5. The number of nitrogens with one attached hydrogen (secondary N) is 1. The standard InChI is InChI=1S/C17H24N4O/c1-17(2)15(11-4-7-20(17)8-5-11)21-10-12-3-6-19-13(12)9-14(21)16(18)22/h3,6,9-11,13,15,19H,4-5,7-8H2,1-2H3,(H2,18,22). The van der Waals surface area contributed by atoms with Crippen molar-refractivity contribution < 1.29 is 4.79 Å². The third-order valence-electron chi connectivity index (χ3n) is 5.88. The Bertz CT molecular complexity index is 596. The van der Waals surface area contributed by atoms with E-state index in [0.29, 0.717) is 17.7 Å². The number of hydrogen-bond donors (Lipinski definition) is 2. The molecule has 5 heterocycles. The fraction of sp³-hybridized carbons (Fsp3) is 0.588. The van der Waals surface area contributed by atoms with Gasteiger partial charge in [-0.25, -0.2) is 0 Å². The minimum atomic E-state index is -0.337. The summed E-state index contributed by atoms with van der Waals surface area (Å²) in [5.41, 5.74) is 7.59. The van der Waals surface area contributed by atoms with Crippen molar-refractivity contribution in [3.8, 4) is 0 Å². The molecule has 2 atom stereocenters. The zero-order valence-corrected chi connectivity index (χ0v) is 13.2. The van der Waals surface area contributed by atoms with E-state index in [-0.39, 0.29) is 17.5 Å². The molecule has 3 fully saturated rings. The normalized spacial score (nSPS) is 38.2. The van der Waals surface area contributed by atoms with Gasteiger partial charge in [-0.05, 0) is 69.6 Å². The van der Waals surface area contributed by atoms with Crippen LogP contribution in [0.3, 0.4) is 0 Å². The SMILES string of the molecule is CC1(C)C(N2C=C3C=CNC3C=C2C(N)=O)C2CCN1CC2. The number of hydrogen-bond acceptors (Lipinski definition) is 4. The van der Waals surface area contributed by atoms with Gasteiger partial charge in [0.1, 0.15) is 5.70 Å². The second-order valence-electron chi connectivity index (χ2n) is 7.35. The maximum atomic E-state index is 12.0. The van der Waals surface area contributed by atoms with Crippen molar-refractivity contribution in [2.75, 3.05) is 13.1 Å². The lowest BCUT2D eigenvalue weighted by atomic mass is 9.70. The molecule has 5 heteroatoms. The van der Waals surface area contributed by atoms with E-state index < -0.39 is 0 Å². The second kappa shape index (κ2) is 4.62. The zero-order chi connectivity index (χ0) is 15.5. The molecule has 5 rings (SSSR count). The molecule has 5 nitrogen and oxygen atoms in total. The van der Waals surface area contributed by atoms with Crippen LogP contribution in [0.25, 0.3) is 0 Å². The smallest absolute Gasteiger partial charge is 0.265 e. The topological polar surface area (TPSA) is 61.6 Å². The van der Waals surface area contributed by atoms with Gasteiger partial charge in [0.25, 0.3) is 5.91 Å². The molecular formula is C17H24N4O. The van der Waals surface area contributed by atoms with E-state index in [1.807, 2.05) is 12.3 Å². The Morgan fingerprint density at radius 2 is 2.09 bits per heavy atom. The number of piperidine rings is 3. The van der Waals surface area contributed by atoms with E-state index in [1.54, 1.807) is 0 Å².